The third-order valence-electron chi connectivity index (χ3n) is 2.91. The molecule has 0 radical (unpaired) electrons. The number of nitrogens with one attached hydrogen (secondary N) is 1. The number of hydrogen-bond donors (Lipinski definition) is 1. The molecule has 0 spiro atoms. The molecule has 1 atom stereocenters. The van der Waals surface area contributed by atoms with Crippen molar-refractivity contribution in [3.8, 4) is 0 Å². The molecule has 7 heteroatoms. The van der Waals surface area contributed by atoms with Gasteiger partial charge in [-0.3, -0.25) is 9.78 Å². The lowest BCUT2D eigenvalue weighted by atomic mass is 10.0. The number of pyridine rings is 1. The van der Waals surface area contributed by atoms with Crippen molar-refractivity contribution >= 4 is 15.9 Å². The lowest BCUT2D eigenvalue weighted by molar-refractivity contribution is -0.132. The Kier molecular flexibility index (Phi) is 6.29. The molecule has 0 bridgehead atoms. The van der Waals surface area contributed by atoms with Crippen LogP contribution in [0.3, 0.4) is 0 Å². The van der Waals surface area contributed by atoms with Crippen molar-refractivity contribution in [3.05, 3.63) is 30.1 Å². The molecule has 1 heterocycles. The smallest absolute Gasteiger partial charge is 0.240 e. The van der Waals surface area contributed by atoms with Gasteiger partial charge in [0.25, 0.3) is 0 Å². The Morgan fingerprint density at radius 3 is 2.38 bits per heavy atom. The van der Waals surface area contributed by atoms with Crippen LogP contribution in [0.5, 0.6) is 0 Å². The summed E-state index contributed by atoms with van der Waals surface area (Å²) < 4.78 is 25.3. The van der Waals surface area contributed by atoms with E-state index in [4.69, 9.17) is 0 Å². The molecular weight excluding hydrogens is 290 g/mol. The van der Waals surface area contributed by atoms with Gasteiger partial charge in [-0.2, -0.15) is 0 Å². The van der Waals surface area contributed by atoms with E-state index in [0.29, 0.717) is 13.0 Å². The van der Waals surface area contributed by atoms with E-state index in [0.717, 1.165) is 11.8 Å². The summed E-state index contributed by atoms with van der Waals surface area (Å²) in [5, 5.41) is 0. The fraction of sp³-hybridized carbons (Fsp3) is 0.571. The van der Waals surface area contributed by atoms with Gasteiger partial charge >= 0.3 is 0 Å². The van der Waals surface area contributed by atoms with E-state index >= 15 is 0 Å². The molecule has 1 aromatic heterocycles. The molecule has 0 saturated heterocycles. The SMILES string of the molecule is CC(C)C[C@H](NS(C)(=O)=O)C(=O)N(C)Cc1ccncc1. The van der Waals surface area contributed by atoms with E-state index in [2.05, 4.69) is 9.71 Å². The highest BCUT2D eigenvalue weighted by Gasteiger charge is 2.25. The minimum absolute atomic E-state index is 0.211. The summed E-state index contributed by atoms with van der Waals surface area (Å²) in [6.45, 7) is 4.32. The number of sulfonamides is 1. The van der Waals surface area contributed by atoms with Crippen molar-refractivity contribution in [2.75, 3.05) is 13.3 Å². The van der Waals surface area contributed by atoms with Crippen molar-refractivity contribution in [2.24, 2.45) is 5.92 Å². The number of rotatable bonds is 7. The quantitative estimate of drug-likeness (QED) is 0.814. The second kappa shape index (κ2) is 7.51. The van der Waals surface area contributed by atoms with Crippen LogP contribution in [0.2, 0.25) is 0 Å². The van der Waals surface area contributed by atoms with Crippen molar-refractivity contribution in [1.29, 1.82) is 0 Å². The zero-order valence-corrected chi connectivity index (χ0v) is 13.7. The Morgan fingerprint density at radius 1 is 1.33 bits per heavy atom. The first kappa shape index (κ1) is 17.6. The number of hydrogen-bond acceptors (Lipinski definition) is 4. The topological polar surface area (TPSA) is 79.4 Å². The van der Waals surface area contributed by atoms with Crippen LogP contribution in [0, 0.1) is 5.92 Å². The molecular formula is C14H23N3O3S. The van der Waals surface area contributed by atoms with Gasteiger partial charge in [-0.05, 0) is 30.0 Å². The zero-order chi connectivity index (χ0) is 16.0. The summed E-state index contributed by atoms with van der Waals surface area (Å²) in [4.78, 5) is 17.9. The summed E-state index contributed by atoms with van der Waals surface area (Å²) in [5.74, 6) is -0.0199. The number of likely N-dealkylation sites (N-methyl/N-ethyl adjacent to an activating group) is 1. The predicted molar refractivity (Wildman–Crippen MR) is 81.9 cm³/mol. The van der Waals surface area contributed by atoms with E-state index in [1.807, 2.05) is 26.0 Å². The van der Waals surface area contributed by atoms with Gasteiger partial charge in [-0.25, -0.2) is 13.1 Å². The normalized spacial score (nSPS) is 13.2. The van der Waals surface area contributed by atoms with Crippen LogP contribution in [-0.2, 0) is 21.4 Å². The van der Waals surface area contributed by atoms with Crippen LogP contribution in [0.25, 0.3) is 0 Å². The second-order valence-corrected chi connectivity index (χ2v) is 7.40. The molecule has 0 saturated carbocycles. The van der Waals surface area contributed by atoms with Crippen LogP contribution in [0.15, 0.2) is 24.5 Å². The fourth-order valence-electron chi connectivity index (χ4n) is 2.04. The van der Waals surface area contributed by atoms with Gasteiger partial charge in [0.15, 0.2) is 0 Å². The lowest BCUT2D eigenvalue weighted by Gasteiger charge is -2.25. The van der Waals surface area contributed by atoms with E-state index < -0.39 is 16.1 Å². The summed E-state index contributed by atoms with van der Waals surface area (Å²) in [5.41, 5.74) is 0.948. The van der Waals surface area contributed by atoms with Gasteiger partial charge in [0, 0.05) is 26.0 Å². The zero-order valence-electron chi connectivity index (χ0n) is 12.9. The Balaban J connectivity index is 2.79. The van der Waals surface area contributed by atoms with Crippen molar-refractivity contribution < 1.29 is 13.2 Å². The average molecular weight is 313 g/mol. The Hall–Kier alpha value is -1.47. The van der Waals surface area contributed by atoms with Gasteiger partial charge in [-0.1, -0.05) is 13.8 Å². The van der Waals surface area contributed by atoms with Gasteiger partial charge in [-0.15, -0.1) is 0 Å². The fourth-order valence-corrected chi connectivity index (χ4v) is 2.75. The third-order valence-corrected chi connectivity index (χ3v) is 3.62. The molecule has 0 fully saturated rings. The monoisotopic (exact) mass is 313 g/mol. The molecule has 0 aromatic carbocycles. The van der Waals surface area contributed by atoms with Gasteiger partial charge in [0.2, 0.25) is 15.9 Å². The molecule has 0 aliphatic carbocycles. The van der Waals surface area contributed by atoms with Crippen molar-refractivity contribution in [2.45, 2.75) is 32.9 Å². The molecule has 1 N–H and O–H groups in total. The van der Waals surface area contributed by atoms with Gasteiger partial charge in [0.1, 0.15) is 6.04 Å². The molecule has 118 valence electrons. The highest BCUT2D eigenvalue weighted by molar-refractivity contribution is 7.88. The number of aromatic nitrogens is 1. The highest BCUT2D eigenvalue weighted by Crippen LogP contribution is 2.10. The predicted octanol–water partition coefficient (Wildman–Crippen LogP) is 1.00. The van der Waals surface area contributed by atoms with Crippen LogP contribution in [-0.4, -0.2) is 43.6 Å². The minimum Gasteiger partial charge on any atom is -0.340 e. The number of nitrogens with zero attached hydrogens (tertiary/aromatic N) is 2. The summed E-state index contributed by atoms with van der Waals surface area (Å²) in [6.07, 6.45) is 4.85. The van der Waals surface area contributed by atoms with E-state index in [-0.39, 0.29) is 11.8 Å². The summed E-state index contributed by atoms with van der Waals surface area (Å²) >= 11 is 0. The van der Waals surface area contributed by atoms with Gasteiger partial charge in [0.05, 0.1) is 6.26 Å². The lowest BCUT2D eigenvalue weighted by Crippen LogP contribution is -2.47. The van der Waals surface area contributed by atoms with E-state index in [1.165, 1.54) is 4.90 Å². The van der Waals surface area contributed by atoms with Crippen molar-refractivity contribution in [3.63, 3.8) is 0 Å². The molecule has 0 unspecified atom stereocenters. The molecule has 1 amide bonds. The maximum absolute atomic E-state index is 12.4. The molecule has 1 rings (SSSR count). The van der Waals surface area contributed by atoms with Crippen LogP contribution >= 0.6 is 0 Å². The largest absolute Gasteiger partial charge is 0.340 e. The first-order valence-corrected chi connectivity index (χ1v) is 8.69. The summed E-state index contributed by atoms with van der Waals surface area (Å²) in [7, 11) is -1.76. The molecule has 0 aliphatic heterocycles. The number of carbonyl (C=O) groups excluding carboxylic acids is 1. The van der Waals surface area contributed by atoms with E-state index in [1.54, 1.807) is 19.4 Å². The standard InChI is InChI=1S/C14H23N3O3S/c1-11(2)9-13(16-21(4,19)20)14(18)17(3)10-12-5-7-15-8-6-12/h5-8,11,13,16H,9-10H2,1-4H3/t13-/m0/s1. The third kappa shape index (κ3) is 6.68. The molecule has 1 aromatic rings. The maximum atomic E-state index is 12.4. The molecule has 21 heavy (non-hydrogen) atoms. The van der Waals surface area contributed by atoms with Crippen LogP contribution in [0.4, 0.5) is 0 Å². The van der Waals surface area contributed by atoms with Crippen LogP contribution < -0.4 is 4.72 Å². The first-order valence-electron chi connectivity index (χ1n) is 6.80. The average Bonchev–Trinajstić information content (AvgIpc) is 2.36. The highest BCUT2D eigenvalue weighted by atomic mass is 32.2. The Bertz CT molecular complexity index is 558. The Labute approximate surface area is 126 Å². The second-order valence-electron chi connectivity index (χ2n) is 5.62. The molecule has 6 nitrogen and oxygen atoms in total. The van der Waals surface area contributed by atoms with Crippen LogP contribution in [0.1, 0.15) is 25.8 Å². The first-order chi connectivity index (χ1) is 9.69. The summed E-state index contributed by atoms with van der Waals surface area (Å²) in [6, 6.07) is 2.92. The molecule has 0 aliphatic rings. The number of carbonyl (C=O) groups is 1. The van der Waals surface area contributed by atoms with Gasteiger partial charge < -0.3 is 4.90 Å². The number of amides is 1. The van der Waals surface area contributed by atoms with Crippen molar-refractivity contribution in [1.82, 2.24) is 14.6 Å². The maximum Gasteiger partial charge on any atom is 0.240 e. The minimum atomic E-state index is -3.43. The van der Waals surface area contributed by atoms with E-state index in [9.17, 15) is 13.2 Å². The Morgan fingerprint density at radius 2 is 1.90 bits per heavy atom.